The molecule has 4 heteroatoms. The summed E-state index contributed by atoms with van der Waals surface area (Å²) in [5.74, 6) is 1.05. The number of aryl methyl sites for hydroxylation is 2. The molecule has 4 rings (SSSR count). The summed E-state index contributed by atoms with van der Waals surface area (Å²) in [6.07, 6.45) is 3.56. The number of ether oxygens (including phenoxy) is 2. The van der Waals surface area contributed by atoms with E-state index in [4.69, 9.17) is 21.1 Å². The zero-order chi connectivity index (χ0) is 20.1. The molecule has 150 valence electrons. The molecular formula is C25H24ClFO2. The van der Waals surface area contributed by atoms with Crippen molar-refractivity contribution in [2.45, 2.75) is 31.8 Å². The Kier molecular flexibility index (Phi) is 6.48. The number of benzene rings is 3. The molecule has 0 saturated carbocycles. The number of para-hydroxylation sites is 1. The summed E-state index contributed by atoms with van der Waals surface area (Å²) >= 11 is 6.22. The van der Waals surface area contributed by atoms with Gasteiger partial charge in [-0.15, -0.1) is 11.6 Å². The van der Waals surface area contributed by atoms with Crippen molar-refractivity contribution >= 4 is 11.6 Å². The first-order valence-electron chi connectivity index (χ1n) is 9.99. The molecule has 0 heterocycles. The third-order valence-electron chi connectivity index (χ3n) is 5.33. The van der Waals surface area contributed by atoms with E-state index in [1.165, 1.54) is 35.6 Å². The fourth-order valence-electron chi connectivity index (χ4n) is 3.73. The average Bonchev–Trinajstić information content (AvgIpc) is 3.22. The van der Waals surface area contributed by atoms with Crippen LogP contribution in [0.4, 0.5) is 4.39 Å². The van der Waals surface area contributed by atoms with Crippen LogP contribution in [-0.2, 0) is 24.2 Å². The van der Waals surface area contributed by atoms with Gasteiger partial charge in [0.15, 0.2) is 11.6 Å². The molecule has 0 N–H and O–H groups in total. The second kappa shape index (κ2) is 9.43. The Labute approximate surface area is 176 Å². The molecule has 0 aromatic heterocycles. The van der Waals surface area contributed by atoms with Gasteiger partial charge in [0.1, 0.15) is 5.75 Å². The summed E-state index contributed by atoms with van der Waals surface area (Å²) in [6, 6.07) is 20.7. The van der Waals surface area contributed by atoms with Gasteiger partial charge in [0.25, 0.3) is 0 Å². The van der Waals surface area contributed by atoms with E-state index in [-0.39, 0.29) is 11.7 Å². The monoisotopic (exact) mass is 410 g/mol. The van der Waals surface area contributed by atoms with Crippen LogP contribution in [0.1, 0.15) is 34.6 Å². The van der Waals surface area contributed by atoms with E-state index >= 15 is 0 Å². The van der Waals surface area contributed by atoms with Crippen molar-refractivity contribution in [1.82, 2.24) is 0 Å². The van der Waals surface area contributed by atoms with Crippen molar-refractivity contribution < 1.29 is 13.9 Å². The maximum atomic E-state index is 14.1. The Balaban J connectivity index is 1.37. The number of alkyl halides is 1. The van der Waals surface area contributed by atoms with E-state index in [0.717, 1.165) is 12.0 Å². The van der Waals surface area contributed by atoms with E-state index in [1.54, 1.807) is 24.3 Å². The molecule has 0 bridgehead atoms. The molecule has 0 amide bonds. The molecule has 2 nitrogen and oxygen atoms in total. The van der Waals surface area contributed by atoms with Gasteiger partial charge in [-0.05, 0) is 65.8 Å². The standard InChI is InChI=1S/C25H24ClFO2/c26-15-22(21-11-10-19-5-4-6-20(19)14-21)17-28-16-18-9-12-24(27)25(13-18)29-23-7-2-1-3-8-23/h1-3,7-14,22H,4-6,15-17H2. The molecule has 1 unspecified atom stereocenters. The molecule has 0 radical (unpaired) electrons. The molecule has 29 heavy (non-hydrogen) atoms. The van der Waals surface area contributed by atoms with Gasteiger partial charge in [0.2, 0.25) is 0 Å². The highest BCUT2D eigenvalue weighted by atomic mass is 35.5. The Morgan fingerprint density at radius 2 is 1.76 bits per heavy atom. The maximum Gasteiger partial charge on any atom is 0.165 e. The predicted molar refractivity (Wildman–Crippen MR) is 115 cm³/mol. The number of rotatable bonds is 8. The number of hydrogen-bond donors (Lipinski definition) is 0. The van der Waals surface area contributed by atoms with Crippen LogP contribution in [0, 0.1) is 5.82 Å². The van der Waals surface area contributed by atoms with Gasteiger partial charge in [-0.1, -0.05) is 42.5 Å². The van der Waals surface area contributed by atoms with E-state index in [1.807, 2.05) is 18.2 Å². The largest absolute Gasteiger partial charge is 0.454 e. The lowest BCUT2D eigenvalue weighted by atomic mass is 9.97. The highest BCUT2D eigenvalue weighted by molar-refractivity contribution is 6.18. The molecule has 3 aromatic rings. The predicted octanol–water partition coefficient (Wildman–Crippen LogP) is 6.65. The second-order valence-corrected chi connectivity index (χ2v) is 7.74. The van der Waals surface area contributed by atoms with Crippen LogP contribution in [0.3, 0.4) is 0 Å². The SMILES string of the molecule is Fc1ccc(COCC(CCl)c2ccc3c(c2)CCC3)cc1Oc1ccccc1. The van der Waals surface area contributed by atoms with Crippen LogP contribution in [0.5, 0.6) is 11.5 Å². The van der Waals surface area contributed by atoms with Gasteiger partial charge in [0.05, 0.1) is 13.2 Å². The minimum Gasteiger partial charge on any atom is -0.454 e. The first-order chi connectivity index (χ1) is 14.2. The summed E-state index contributed by atoms with van der Waals surface area (Å²) in [5.41, 5.74) is 4.99. The molecule has 0 saturated heterocycles. The van der Waals surface area contributed by atoms with E-state index in [9.17, 15) is 4.39 Å². The van der Waals surface area contributed by atoms with Crippen molar-refractivity contribution in [3.63, 3.8) is 0 Å². The normalized spacial score (nSPS) is 13.9. The van der Waals surface area contributed by atoms with Gasteiger partial charge in [0, 0.05) is 11.8 Å². The van der Waals surface area contributed by atoms with Gasteiger partial charge in [-0.2, -0.15) is 0 Å². The fraction of sp³-hybridized carbons (Fsp3) is 0.280. The molecule has 1 atom stereocenters. The van der Waals surface area contributed by atoms with E-state index < -0.39 is 5.82 Å². The molecule has 0 aliphatic heterocycles. The summed E-state index contributed by atoms with van der Waals surface area (Å²) in [4.78, 5) is 0. The van der Waals surface area contributed by atoms with Gasteiger partial charge in [-0.25, -0.2) is 4.39 Å². The fourth-order valence-corrected chi connectivity index (χ4v) is 3.99. The molecular weight excluding hydrogens is 387 g/mol. The van der Waals surface area contributed by atoms with Crippen molar-refractivity contribution in [2.75, 3.05) is 12.5 Å². The minimum absolute atomic E-state index is 0.142. The molecule has 0 spiro atoms. The first-order valence-corrected chi connectivity index (χ1v) is 10.5. The van der Waals surface area contributed by atoms with E-state index in [2.05, 4.69) is 18.2 Å². The molecule has 3 aromatic carbocycles. The molecule has 0 fully saturated rings. The lowest BCUT2D eigenvalue weighted by molar-refractivity contribution is 0.111. The molecule has 1 aliphatic carbocycles. The van der Waals surface area contributed by atoms with Crippen LogP contribution in [0.15, 0.2) is 66.7 Å². The van der Waals surface area contributed by atoms with Gasteiger partial charge < -0.3 is 9.47 Å². The lowest BCUT2D eigenvalue weighted by Gasteiger charge is -2.16. The number of halogens is 2. The summed E-state index contributed by atoms with van der Waals surface area (Å²) in [6.45, 7) is 0.901. The smallest absolute Gasteiger partial charge is 0.165 e. The van der Waals surface area contributed by atoms with Crippen LogP contribution in [0.25, 0.3) is 0 Å². The second-order valence-electron chi connectivity index (χ2n) is 7.43. The Morgan fingerprint density at radius 1 is 0.931 bits per heavy atom. The quantitative estimate of drug-likeness (QED) is 0.387. The highest BCUT2D eigenvalue weighted by Gasteiger charge is 2.16. The summed E-state index contributed by atoms with van der Waals surface area (Å²) in [7, 11) is 0. The topological polar surface area (TPSA) is 18.5 Å². The Morgan fingerprint density at radius 3 is 2.59 bits per heavy atom. The van der Waals surface area contributed by atoms with Crippen LogP contribution >= 0.6 is 11.6 Å². The number of hydrogen-bond acceptors (Lipinski definition) is 2. The van der Waals surface area contributed by atoms with Crippen molar-refractivity contribution in [1.29, 1.82) is 0 Å². The third-order valence-corrected chi connectivity index (χ3v) is 5.71. The highest BCUT2D eigenvalue weighted by Crippen LogP contribution is 2.28. The minimum atomic E-state index is -0.394. The zero-order valence-corrected chi connectivity index (χ0v) is 17.0. The Hall–Kier alpha value is -2.36. The van der Waals surface area contributed by atoms with Crippen molar-refractivity contribution in [2.24, 2.45) is 0 Å². The van der Waals surface area contributed by atoms with Crippen LogP contribution < -0.4 is 4.74 Å². The zero-order valence-electron chi connectivity index (χ0n) is 16.2. The van der Waals surface area contributed by atoms with Crippen molar-refractivity contribution in [3.8, 4) is 11.5 Å². The van der Waals surface area contributed by atoms with Crippen molar-refractivity contribution in [3.05, 3.63) is 94.8 Å². The average molecular weight is 411 g/mol. The van der Waals surface area contributed by atoms with E-state index in [0.29, 0.717) is 24.8 Å². The summed E-state index contributed by atoms with van der Waals surface area (Å²) < 4.78 is 25.7. The van der Waals surface area contributed by atoms with Gasteiger partial charge in [-0.3, -0.25) is 0 Å². The maximum absolute atomic E-state index is 14.1. The van der Waals surface area contributed by atoms with Crippen LogP contribution in [-0.4, -0.2) is 12.5 Å². The first kappa shape index (κ1) is 19.9. The lowest BCUT2D eigenvalue weighted by Crippen LogP contribution is -2.10. The number of fused-ring (bicyclic) bond motifs is 1. The third kappa shape index (κ3) is 4.98. The Bertz CT molecular complexity index is 958. The molecule has 1 aliphatic rings. The van der Waals surface area contributed by atoms with Gasteiger partial charge >= 0.3 is 0 Å². The van der Waals surface area contributed by atoms with Crippen LogP contribution in [0.2, 0.25) is 0 Å². The summed E-state index contributed by atoms with van der Waals surface area (Å²) in [5, 5.41) is 0.